The number of hydrogen-bond donors (Lipinski definition) is 3. The zero-order chi connectivity index (χ0) is 14.9. The number of anilines is 1. The van der Waals surface area contributed by atoms with E-state index in [9.17, 15) is 12.8 Å². The highest BCUT2D eigenvalue weighted by molar-refractivity contribution is 7.89. The summed E-state index contributed by atoms with van der Waals surface area (Å²) in [5.41, 5.74) is 5.54. The van der Waals surface area contributed by atoms with Gasteiger partial charge in [0.15, 0.2) is 0 Å². The third-order valence-corrected chi connectivity index (χ3v) is 4.45. The molecule has 20 heavy (non-hydrogen) atoms. The van der Waals surface area contributed by atoms with Gasteiger partial charge in [0.05, 0.1) is 10.9 Å². The first kappa shape index (κ1) is 14.4. The molecule has 7 nitrogen and oxygen atoms in total. The minimum Gasteiger partial charge on any atom is -0.399 e. The Kier molecular flexibility index (Phi) is 3.73. The van der Waals surface area contributed by atoms with Crippen LogP contribution in [0.3, 0.4) is 0 Å². The van der Waals surface area contributed by atoms with E-state index < -0.39 is 21.9 Å². The van der Waals surface area contributed by atoms with Crippen LogP contribution in [0, 0.1) is 12.7 Å². The van der Waals surface area contributed by atoms with E-state index in [0.29, 0.717) is 5.82 Å². The number of aromatic nitrogens is 3. The summed E-state index contributed by atoms with van der Waals surface area (Å²) in [6.07, 6.45) is 1.27. The largest absolute Gasteiger partial charge is 0.399 e. The molecule has 0 fully saturated rings. The summed E-state index contributed by atoms with van der Waals surface area (Å²) in [5.74, 6) is -0.312. The van der Waals surface area contributed by atoms with Crippen LogP contribution in [0.15, 0.2) is 23.4 Å². The summed E-state index contributed by atoms with van der Waals surface area (Å²) in [7, 11) is -3.92. The lowest BCUT2D eigenvalue weighted by molar-refractivity contribution is 0.556. The molecule has 0 saturated heterocycles. The van der Waals surface area contributed by atoms with Crippen LogP contribution in [0.4, 0.5) is 10.1 Å². The van der Waals surface area contributed by atoms with Crippen molar-refractivity contribution in [1.82, 2.24) is 19.9 Å². The number of rotatable bonds is 4. The fourth-order valence-corrected chi connectivity index (χ4v) is 3.22. The number of nitrogen functional groups attached to an aromatic ring is 1. The fraction of sp³-hybridized carbons (Fsp3) is 0.273. The molecule has 1 atom stereocenters. The molecule has 4 N–H and O–H groups in total. The summed E-state index contributed by atoms with van der Waals surface area (Å²) in [6.45, 7) is 2.97. The van der Waals surface area contributed by atoms with Crippen LogP contribution in [-0.2, 0) is 10.0 Å². The lowest BCUT2D eigenvalue weighted by Crippen LogP contribution is -2.28. The van der Waals surface area contributed by atoms with E-state index >= 15 is 0 Å². The minimum atomic E-state index is -3.92. The Hall–Kier alpha value is -2.00. The highest BCUT2D eigenvalue weighted by Gasteiger charge is 2.23. The highest BCUT2D eigenvalue weighted by Crippen LogP contribution is 2.23. The number of H-pyrrole nitrogens is 1. The van der Waals surface area contributed by atoms with Crippen LogP contribution in [0.25, 0.3) is 0 Å². The lowest BCUT2D eigenvalue weighted by Gasteiger charge is -2.14. The van der Waals surface area contributed by atoms with Crippen LogP contribution in [0.5, 0.6) is 0 Å². The maximum atomic E-state index is 13.6. The number of benzene rings is 1. The van der Waals surface area contributed by atoms with Crippen molar-refractivity contribution in [1.29, 1.82) is 0 Å². The van der Waals surface area contributed by atoms with Crippen molar-refractivity contribution >= 4 is 15.7 Å². The molecule has 108 valence electrons. The second-order valence-corrected chi connectivity index (χ2v) is 6.02. The fourth-order valence-electron chi connectivity index (χ4n) is 1.73. The summed E-state index contributed by atoms with van der Waals surface area (Å²) < 4.78 is 40.5. The number of halogens is 1. The molecule has 1 aromatic heterocycles. The van der Waals surface area contributed by atoms with Gasteiger partial charge in [-0.25, -0.2) is 22.5 Å². The van der Waals surface area contributed by atoms with Crippen LogP contribution in [-0.4, -0.2) is 23.6 Å². The third kappa shape index (κ3) is 2.78. The standard InChI is InChI=1S/C11H14FN5O2S/c1-6-9(12)3-8(13)4-10(6)20(18,19)17-7(2)11-14-5-15-16-11/h3-5,7,17H,13H2,1-2H3,(H,14,15,16). The maximum Gasteiger partial charge on any atom is 0.241 e. The molecular formula is C11H14FN5O2S. The summed E-state index contributed by atoms with van der Waals surface area (Å²) in [4.78, 5) is 3.67. The first-order chi connectivity index (χ1) is 9.31. The first-order valence-electron chi connectivity index (χ1n) is 5.74. The average molecular weight is 299 g/mol. The van der Waals surface area contributed by atoms with Crippen molar-refractivity contribution in [2.45, 2.75) is 24.8 Å². The number of aromatic amines is 1. The van der Waals surface area contributed by atoms with Gasteiger partial charge in [-0.2, -0.15) is 5.10 Å². The van der Waals surface area contributed by atoms with E-state index in [-0.39, 0.29) is 16.1 Å². The van der Waals surface area contributed by atoms with Gasteiger partial charge in [-0.1, -0.05) is 0 Å². The van der Waals surface area contributed by atoms with E-state index in [2.05, 4.69) is 19.9 Å². The van der Waals surface area contributed by atoms with Gasteiger partial charge in [0, 0.05) is 11.3 Å². The quantitative estimate of drug-likeness (QED) is 0.725. The van der Waals surface area contributed by atoms with Gasteiger partial charge in [0.1, 0.15) is 18.0 Å². The van der Waals surface area contributed by atoms with Crippen molar-refractivity contribution in [3.05, 3.63) is 35.7 Å². The Morgan fingerprint density at radius 1 is 1.45 bits per heavy atom. The normalized spacial score (nSPS) is 13.3. The highest BCUT2D eigenvalue weighted by atomic mass is 32.2. The van der Waals surface area contributed by atoms with E-state index in [1.807, 2.05) is 0 Å². The van der Waals surface area contributed by atoms with Gasteiger partial charge in [0.25, 0.3) is 0 Å². The van der Waals surface area contributed by atoms with Gasteiger partial charge < -0.3 is 5.73 Å². The summed E-state index contributed by atoms with van der Waals surface area (Å²) >= 11 is 0. The summed E-state index contributed by atoms with van der Waals surface area (Å²) in [6, 6.07) is 1.66. The van der Waals surface area contributed by atoms with Crippen molar-refractivity contribution in [3.8, 4) is 0 Å². The minimum absolute atomic E-state index is 0.0106. The van der Waals surface area contributed by atoms with E-state index in [1.165, 1.54) is 19.3 Å². The molecule has 0 saturated carbocycles. The number of sulfonamides is 1. The van der Waals surface area contributed by atoms with Gasteiger partial charge in [0.2, 0.25) is 10.0 Å². The smallest absolute Gasteiger partial charge is 0.241 e. The molecule has 0 radical (unpaired) electrons. The van der Waals surface area contributed by atoms with Crippen LogP contribution in [0.1, 0.15) is 24.4 Å². The molecule has 0 aliphatic rings. The molecule has 0 bridgehead atoms. The Balaban J connectivity index is 2.36. The molecule has 1 heterocycles. The SMILES string of the molecule is Cc1c(F)cc(N)cc1S(=O)(=O)NC(C)c1ncn[nH]1. The van der Waals surface area contributed by atoms with Crippen molar-refractivity contribution in [2.75, 3.05) is 5.73 Å². The van der Waals surface area contributed by atoms with Crippen molar-refractivity contribution < 1.29 is 12.8 Å². The molecule has 0 aliphatic carbocycles. The predicted molar refractivity (Wildman–Crippen MR) is 70.7 cm³/mol. The molecule has 0 spiro atoms. The zero-order valence-corrected chi connectivity index (χ0v) is 11.7. The molecule has 0 amide bonds. The predicted octanol–water partition coefficient (Wildman–Crippen LogP) is 0.874. The third-order valence-electron chi connectivity index (χ3n) is 2.78. The lowest BCUT2D eigenvalue weighted by atomic mass is 10.2. The molecule has 2 aromatic rings. The number of nitrogens with two attached hydrogens (primary N) is 1. The van der Waals surface area contributed by atoms with Crippen LogP contribution in [0.2, 0.25) is 0 Å². The Morgan fingerprint density at radius 3 is 2.75 bits per heavy atom. The Morgan fingerprint density at radius 2 is 2.15 bits per heavy atom. The molecule has 9 heteroatoms. The van der Waals surface area contributed by atoms with Crippen molar-refractivity contribution in [3.63, 3.8) is 0 Å². The zero-order valence-electron chi connectivity index (χ0n) is 10.9. The summed E-state index contributed by atoms with van der Waals surface area (Å²) in [5, 5.41) is 6.20. The monoisotopic (exact) mass is 299 g/mol. The second kappa shape index (κ2) is 5.17. The van der Waals surface area contributed by atoms with Crippen molar-refractivity contribution in [2.24, 2.45) is 0 Å². The number of nitrogens with zero attached hydrogens (tertiary/aromatic N) is 2. The number of nitrogens with one attached hydrogen (secondary N) is 2. The van der Waals surface area contributed by atoms with Gasteiger partial charge in [-0.15, -0.1) is 0 Å². The van der Waals surface area contributed by atoms with Crippen LogP contribution >= 0.6 is 0 Å². The van der Waals surface area contributed by atoms with Gasteiger partial charge in [-0.3, -0.25) is 5.10 Å². The van der Waals surface area contributed by atoms with Gasteiger partial charge >= 0.3 is 0 Å². The first-order valence-corrected chi connectivity index (χ1v) is 7.23. The average Bonchev–Trinajstić information content (AvgIpc) is 2.86. The van der Waals surface area contributed by atoms with E-state index in [1.54, 1.807) is 6.92 Å². The Labute approximate surface area is 115 Å². The van der Waals surface area contributed by atoms with E-state index in [0.717, 1.165) is 6.07 Å². The van der Waals surface area contributed by atoms with Crippen LogP contribution < -0.4 is 10.5 Å². The molecular weight excluding hydrogens is 285 g/mol. The maximum absolute atomic E-state index is 13.6. The van der Waals surface area contributed by atoms with Gasteiger partial charge in [-0.05, 0) is 26.0 Å². The molecule has 2 rings (SSSR count). The van der Waals surface area contributed by atoms with E-state index in [4.69, 9.17) is 5.73 Å². The molecule has 1 aromatic carbocycles. The molecule has 0 aliphatic heterocycles. The molecule has 1 unspecified atom stereocenters. The topological polar surface area (TPSA) is 114 Å². The number of hydrogen-bond acceptors (Lipinski definition) is 5. The second-order valence-electron chi connectivity index (χ2n) is 4.34. The Bertz CT molecular complexity index is 715.